The summed E-state index contributed by atoms with van der Waals surface area (Å²) >= 11 is 4.17. The van der Waals surface area contributed by atoms with Gasteiger partial charge in [0.05, 0.1) is 4.61 Å². The monoisotopic (exact) mass is 432 g/mol. The van der Waals surface area contributed by atoms with Crippen LogP contribution in [0.4, 0.5) is 0 Å². The summed E-state index contributed by atoms with van der Waals surface area (Å²) in [7, 11) is 0. The number of Topliss-reactive ketones (excluding diaryl/α,β-unsaturated/α-hetero) is 1. The highest BCUT2D eigenvalue weighted by Gasteiger charge is 2.06. The topological polar surface area (TPSA) is 35.5 Å². The quantitative estimate of drug-likeness (QED) is 0.394. The molecule has 0 aliphatic rings. The predicted molar refractivity (Wildman–Crippen MR) is 75.1 cm³/mol. The van der Waals surface area contributed by atoms with Crippen molar-refractivity contribution in [1.82, 2.24) is 0 Å². The molecule has 0 aliphatic carbocycles. The van der Waals surface area contributed by atoms with Crippen molar-refractivity contribution in [2.45, 2.75) is 0 Å². The van der Waals surface area contributed by atoms with Crippen LogP contribution in [0.15, 0.2) is 24.3 Å². The predicted octanol–water partition coefficient (Wildman–Crippen LogP) is 3.05. The van der Waals surface area contributed by atoms with Gasteiger partial charge in [-0.25, -0.2) is 0 Å². The summed E-state index contributed by atoms with van der Waals surface area (Å²) in [4.78, 5) is 11.6. The zero-order valence-corrected chi connectivity index (χ0v) is 12.2. The molecule has 0 fully saturated rings. The zero-order valence-electron chi connectivity index (χ0n) is 7.91. The van der Waals surface area contributed by atoms with Gasteiger partial charge in [0.1, 0.15) is 17.0 Å². The molecule has 1 aromatic carbocycles. The van der Waals surface area contributed by atoms with E-state index in [-0.39, 0.29) is 12.4 Å². The number of halogens is 2. The number of carbonyl (C=O) groups excluding carboxylic acids is 1. The fraction of sp³-hybridized carbons (Fsp3) is 0.300. The standard InChI is InChI=1S/C10H10I2O3/c11-6-14-5-10(13)8-2-1-3-9(4-8)15-7-12/h1-4H,5-7H2. The number of ketones is 1. The van der Waals surface area contributed by atoms with Gasteiger partial charge >= 0.3 is 0 Å². The molecule has 5 heteroatoms. The average molecular weight is 432 g/mol. The Bertz CT molecular complexity index is 328. The van der Waals surface area contributed by atoms with E-state index in [1.807, 2.05) is 6.07 Å². The van der Waals surface area contributed by atoms with E-state index in [2.05, 4.69) is 45.2 Å². The van der Waals surface area contributed by atoms with Crippen LogP contribution in [0.25, 0.3) is 0 Å². The van der Waals surface area contributed by atoms with Crippen molar-refractivity contribution in [2.24, 2.45) is 0 Å². The third kappa shape index (κ3) is 4.64. The number of hydrogen-bond donors (Lipinski definition) is 0. The summed E-state index contributed by atoms with van der Waals surface area (Å²) in [6.45, 7) is 0.122. The van der Waals surface area contributed by atoms with Gasteiger partial charge in [0, 0.05) is 5.56 Å². The number of ether oxygens (including phenoxy) is 2. The van der Waals surface area contributed by atoms with Crippen molar-refractivity contribution in [1.29, 1.82) is 0 Å². The molecular weight excluding hydrogens is 422 g/mol. The van der Waals surface area contributed by atoms with Crippen LogP contribution in [0.3, 0.4) is 0 Å². The van der Waals surface area contributed by atoms with Crippen molar-refractivity contribution in [2.75, 3.05) is 15.8 Å². The molecule has 0 aromatic heterocycles. The number of alkyl halides is 2. The minimum absolute atomic E-state index is 0.0226. The van der Waals surface area contributed by atoms with Crippen LogP contribution in [0.5, 0.6) is 5.75 Å². The number of rotatable bonds is 6. The van der Waals surface area contributed by atoms with Gasteiger partial charge in [0.15, 0.2) is 5.78 Å². The Morgan fingerprint density at radius 3 is 2.73 bits per heavy atom. The van der Waals surface area contributed by atoms with Gasteiger partial charge in [-0.1, -0.05) is 34.7 Å². The summed E-state index contributed by atoms with van der Waals surface area (Å²) < 4.78 is 11.4. The first-order chi connectivity index (χ1) is 7.27. The molecule has 0 N–H and O–H groups in total. The van der Waals surface area contributed by atoms with Gasteiger partial charge in [-0.15, -0.1) is 0 Å². The van der Waals surface area contributed by atoms with Gasteiger partial charge in [0.25, 0.3) is 0 Å². The van der Waals surface area contributed by atoms with Crippen LogP contribution in [0.2, 0.25) is 0 Å². The van der Waals surface area contributed by atoms with E-state index in [9.17, 15) is 4.79 Å². The third-order valence-electron chi connectivity index (χ3n) is 1.69. The molecule has 0 aliphatic heterocycles. The highest BCUT2D eigenvalue weighted by molar-refractivity contribution is 14.1. The molecule has 0 saturated carbocycles. The third-order valence-corrected chi connectivity index (χ3v) is 2.44. The number of carbonyl (C=O) groups is 1. The van der Waals surface area contributed by atoms with E-state index in [4.69, 9.17) is 9.47 Å². The summed E-state index contributed by atoms with van der Waals surface area (Å²) in [6, 6.07) is 7.13. The van der Waals surface area contributed by atoms with Crippen molar-refractivity contribution >= 4 is 51.0 Å². The first kappa shape index (κ1) is 13.2. The van der Waals surface area contributed by atoms with Crippen LogP contribution >= 0.6 is 45.2 Å². The Balaban J connectivity index is 2.67. The first-order valence-corrected chi connectivity index (χ1v) is 7.28. The summed E-state index contributed by atoms with van der Waals surface area (Å²) in [5.41, 5.74) is 0.627. The van der Waals surface area contributed by atoms with Crippen molar-refractivity contribution < 1.29 is 14.3 Å². The molecule has 0 radical (unpaired) electrons. The Labute approximate surface area is 116 Å². The maximum absolute atomic E-state index is 11.6. The van der Waals surface area contributed by atoms with E-state index in [1.54, 1.807) is 18.2 Å². The molecule has 82 valence electrons. The Kier molecular flexibility index (Phi) is 6.50. The molecule has 0 amide bonds. The molecule has 15 heavy (non-hydrogen) atoms. The SMILES string of the molecule is O=C(COCI)c1cccc(OCI)c1. The molecule has 0 saturated heterocycles. The summed E-state index contributed by atoms with van der Waals surface area (Å²) in [5.74, 6) is 0.690. The Morgan fingerprint density at radius 1 is 1.27 bits per heavy atom. The van der Waals surface area contributed by atoms with Gasteiger partial charge in [-0.05, 0) is 34.7 Å². The van der Waals surface area contributed by atoms with Crippen LogP contribution in [-0.4, -0.2) is 21.6 Å². The van der Waals surface area contributed by atoms with E-state index in [0.717, 1.165) is 0 Å². The Hall–Kier alpha value is 0.110. The molecule has 0 unspecified atom stereocenters. The van der Waals surface area contributed by atoms with E-state index < -0.39 is 0 Å². The van der Waals surface area contributed by atoms with Gasteiger partial charge in [0.2, 0.25) is 0 Å². The first-order valence-electron chi connectivity index (χ1n) is 4.23. The van der Waals surface area contributed by atoms with Crippen LogP contribution < -0.4 is 4.74 Å². The van der Waals surface area contributed by atoms with Crippen molar-refractivity contribution in [3.8, 4) is 5.75 Å². The van der Waals surface area contributed by atoms with Gasteiger partial charge in [-0.3, -0.25) is 4.79 Å². The minimum atomic E-state index is -0.0226. The summed E-state index contributed by atoms with van der Waals surface area (Å²) in [5, 5.41) is 0. The van der Waals surface area contributed by atoms with Crippen molar-refractivity contribution in [3.05, 3.63) is 29.8 Å². The molecule has 0 heterocycles. The lowest BCUT2D eigenvalue weighted by molar-refractivity contribution is 0.0840. The Morgan fingerprint density at radius 2 is 2.07 bits per heavy atom. The highest BCUT2D eigenvalue weighted by atomic mass is 127. The maximum atomic E-state index is 11.6. The van der Waals surface area contributed by atoms with Gasteiger partial charge in [-0.2, -0.15) is 0 Å². The number of hydrogen-bond acceptors (Lipinski definition) is 3. The second-order valence-electron chi connectivity index (χ2n) is 2.66. The summed E-state index contributed by atoms with van der Waals surface area (Å²) in [6.07, 6.45) is 0. The van der Waals surface area contributed by atoms with Crippen LogP contribution in [0, 0.1) is 0 Å². The fourth-order valence-corrected chi connectivity index (χ4v) is 1.62. The molecule has 3 nitrogen and oxygen atoms in total. The molecule has 1 rings (SSSR count). The van der Waals surface area contributed by atoms with Crippen molar-refractivity contribution in [3.63, 3.8) is 0 Å². The van der Waals surface area contributed by atoms with Crippen LogP contribution in [-0.2, 0) is 4.74 Å². The zero-order chi connectivity index (χ0) is 11.1. The molecule has 1 aromatic rings. The lowest BCUT2D eigenvalue weighted by Gasteiger charge is -2.04. The van der Waals surface area contributed by atoms with E-state index in [1.165, 1.54) is 0 Å². The minimum Gasteiger partial charge on any atom is -0.483 e. The average Bonchev–Trinajstić information content (AvgIpc) is 2.27. The smallest absolute Gasteiger partial charge is 0.188 e. The number of benzene rings is 1. The lowest BCUT2D eigenvalue weighted by Crippen LogP contribution is -2.08. The normalized spacial score (nSPS) is 10.0. The van der Waals surface area contributed by atoms with E-state index >= 15 is 0 Å². The molecule has 0 atom stereocenters. The van der Waals surface area contributed by atoms with Gasteiger partial charge < -0.3 is 9.47 Å². The highest BCUT2D eigenvalue weighted by Crippen LogP contribution is 2.14. The largest absolute Gasteiger partial charge is 0.483 e. The lowest BCUT2D eigenvalue weighted by atomic mass is 10.1. The molecule has 0 bridgehead atoms. The van der Waals surface area contributed by atoms with Crippen LogP contribution in [0.1, 0.15) is 10.4 Å². The molecule has 0 spiro atoms. The fourth-order valence-electron chi connectivity index (χ4n) is 1.04. The second kappa shape index (κ2) is 7.39. The molecular formula is C10H10I2O3. The maximum Gasteiger partial charge on any atom is 0.188 e. The van der Waals surface area contributed by atoms with E-state index in [0.29, 0.717) is 20.5 Å². The second-order valence-corrected chi connectivity index (χ2v) is 3.91.